The minimum atomic E-state index is 0.726. The second-order valence-corrected chi connectivity index (χ2v) is 3.86. The molecule has 2 rings (SSSR count). The van der Waals surface area contributed by atoms with Gasteiger partial charge in [0.05, 0.1) is 22.8 Å². The van der Waals surface area contributed by atoms with E-state index in [4.69, 9.17) is 5.73 Å². The molecule has 4 heteroatoms. The van der Waals surface area contributed by atoms with E-state index in [2.05, 4.69) is 17.0 Å². The first-order valence-electron chi connectivity index (χ1n) is 5.39. The van der Waals surface area contributed by atoms with Crippen LogP contribution in [0.5, 0.6) is 0 Å². The monoisotopic (exact) mass is 216 g/mol. The maximum Gasteiger partial charge on any atom is 0.0741 e. The van der Waals surface area contributed by atoms with Crippen LogP contribution in [-0.4, -0.2) is 14.8 Å². The fourth-order valence-corrected chi connectivity index (χ4v) is 1.65. The molecule has 0 spiro atoms. The van der Waals surface area contributed by atoms with Gasteiger partial charge in [-0.3, -0.25) is 9.67 Å². The minimum Gasteiger partial charge on any atom is -0.397 e. The summed E-state index contributed by atoms with van der Waals surface area (Å²) >= 11 is 0. The molecule has 2 N–H and O–H groups in total. The summed E-state index contributed by atoms with van der Waals surface area (Å²) in [5.41, 5.74) is 10.3. The van der Waals surface area contributed by atoms with E-state index in [1.807, 2.05) is 36.9 Å². The zero-order chi connectivity index (χ0) is 11.7. The maximum absolute atomic E-state index is 5.75. The first-order chi connectivity index (χ1) is 7.61. The maximum atomic E-state index is 5.75. The third-order valence-electron chi connectivity index (χ3n) is 2.67. The van der Waals surface area contributed by atoms with E-state index in [-0.39, 0.29) is 0 Å². The summed E-state index contributed by atoms with van der Waals surface area (Å²) in [6.07, 6.45) is 2.02. The Labute approximate surface area is 95.1 Å². The van der Waals surface area contributed by atoms with E-state index in [1.54, 1.807) is 0 Å². The molecule has 2 heterocycles. The highest BCUT2D eigenvalue weighted by atomic mass is 15.3. The average molecular weight is 216 g/mol. The highest BCUT2D eigenvalue weighted by molar-refractivity contribution is 5.63. The van der Waals surface area contributed by atoms with Gasteiger partial charge >= 0.3 is 0 Å². The molecule has 84 valence electrons. The fourth-order valence-electron chi connectivity index (χ4n) is 1.65. The summed E-state index contributed by atoms with van der Waals surface area (Å²) in [5.74, 6) is 0. The third kappa shape index (κ3) is 1.78. The summed E-state index contributed by atoms with van der Waals surface area (Å²) in [6.45, 7) is 6.85. The SMILES string of the molecule is CCn1cc(-c2ccc(N)c(C)n2)c(C)n1. The van der Waals surface area contributed by atoms with Crippen molar-refractivity contribution in [3.05, 3.63) is 29.7 Å². The highest BCUT2D eigenvalue weighted by Gasteiger charge is 2.08. The van der Waals surface area contributed by atoms with Gasteiger partial charge in [0.1, 0.15) is 0 Å². The van der Waals surface area contributed by atoms with Crippen LogP contribution < -0.4 is 5.73 Å². The largest absolute Gasteiger partial charge is 0.397 e. The summed E-state index contributed by atoms with van der Waals surface area (Å²) < 4.78 is 1.91. The van der Waals surface area contributed by atoms with Gasteiger partial charge in [-0.05, 0) is 32.9 Å². The van der Waals surface area contributed by atoms with Crippen molar-refractivity contribution < 1.29 is 0 Å². The molecule has 0 saturated carbocycles. The number of anilines is 1. The number of aryl methyl sites for hydroxylation is 3. The number of rotatable bonds is 2. The van der Waals surface area contributed by atoms with Crippen molar-refractivity contribution in [2.75, 3.05) is 5.73 Å². The van der Waals surface area contributed by atoms with Crippen LogP contribution in [0, 0.1) is 13.8 Å². The zero-order valence-electron chi connectivity index (χ0n) is 9.86. The third-order valence-corrected chi connectivity index (χ3v) is 2.67. The van der Waals surface area contributed by atoms with Crippen molar-refractivity contribution in [2.24, 2.45) is 0 Å². The Bertz CT molecular complexity index is 514. The second-order valence-electron chi connectivity index (χ2n) is 3.86. The van der Waals surface area contributed by atoms with Gasteiger partial charge in [-0.25, -0.2) is 0 Å². The molecule has 0 amide bonds. The van der Waals surface area contributed by atoms with Crippen LogP contribution in [0.3, 0.4) is 0 Å². The van der Waals surface area contributed by atoms with Crippen molar-refractivity contribution in [3.8, 4) is 11.3 Å². The smallest absolute Gasteiger partial charge is 0.0741 e. The van der Waals surface area contributed by atoms with Crippen LogP contribution >= 0.6 is 0 Å². The zero-order valence-corrected chi connectivity index (χ0v) is 9.86. The minimum absolute atomic E-state index is 0.726. The Hall–Kier alpha value is -1.84. The summed E-state index contributed by atoms with van der Waals surface area (Å²) in [7, 11) is 0. The van der Waals surface area contributed by atoms with Gasteiger partial charge in [0.2, 0.25) is 0 Å². The number of hydrogen-bond acceptors (Lipinski definition) is 3. The number of aromatic nitrogens is 3. The van der Waals surface area contributed by atoms with Crippen LogP contribution in [0.2, 0.25) is 0 Å². The molecule has 0 fully saturated rings. The molecule has 0 aliphatic rings. The van der Waals surface area contributed by atoms with Gasteiger partial charge in [-0.15, -0.1) is 0 Å². The van der Waals surface area contributed by atoms with Crippen LogP contribution in [0.25, 0.3) is 11.3 Å². The van der Waals surface area contributed by atoms with Gasteiger partial charge in [-0.1, -0.05) is 0 Å². The lowest BCUT2D eigenvalue weighted by atomic mass is 10.1. The van der Waals surface area contributed by atoms with Gasteiger partial charge in [-0.2, -0.15) is 5.10 Å². The number of nitrogens with two attached hydrogens (primary N) is 1. The average Bonchev–Trinajstić information content (AvgIpc) is 2.64. The molecule has 0 unspecified atom stereocenters. The van der Waals surface area contributed by atoms with Crippen molar-refractivity contribution in [3.63, 3.8) is 0 Å². The van der Waals surface area contributed by atoms with E-state index in [0.717, 1.165) is 34.9 Å². The number of pyridine rings is 1. The van der Waals surface area contributed by atoms with E-state index >= 15 is 0 Å². The van der Waals surface area contributed by atoms with Gasteiger partial charge in [0.15, 0.2) is 0 Å². The first-order valence-corrected chi connectivity index (χ1v) is 5.39. The molecule has 2 aromatic rings. The van der Waals surface area contributed by atoms with Gasteiger partial charge in [0.25, 0.3) is 0 Å². The number of hydrogen-bond donors (Lipinski definition) is 1. The molecular weight excluding hydrogens is 200 g/mol. The van der Waals surface area contributed by atoms with Crippen LogP contribution in [0.4, 0.5) is 5.69 Å². The van der Waals surface area contributed by atoms with Crippen molar-refractivity contribution in [1.82, 2.24) is 14.8 Å². The molecular formula is C12H16N4. The molecule has 4 nitrogen and oxygen atoms in total. The lowest BCUT2D eigenvalue weighted by molar-refractivity contribution is 0.653. The Morgan fingerprint density at radius 3 is 2.56 bits per heavy atom. The van der Waals surface area contributed by atoms with Crippen molar-refractivity contribution in [2.45, 2.75) is 27.3 Å². The number of nitrogens with zero attached hydrogens (tertiary/aromatic N) is 3. The van der Waals surface area contributed by atoms with E-state index in [9.17, 15) is 0 Å². The van der Waals surface area contributed by atoms with Crippen LogP contribution in [0.1, 0.15) is 18.3 Å². The fraction of sp³-hybridized carbons (Fsp3) is 0.333. The molecule has 0 aliphatic carbocycles. The molecule has 0 aromatic carbocycles. The molecule has 0 radical (unpaired) electrons. The summed E-state index contributed by atoms with van der Waals surface area (Å²) in [4.78, 5) is 4.47. The summed E-state index contributed by atoms with van der Waals surface area (Å²) in [6, 6.07) is 3.83. The second kappa shape index (κ2) is 3.96. The van der Waals surface area contributed by atoms with Crippen molar-refractivity contribution >= 4 is 5.69 Å². The molecule has 16 heavy (non-hydrogen) atoms. The Kier molecular flexibility index (Phi) is 2.64. The quantitative estimate of drug-likeness (QED) is 0.837. The topological polar surface area (TPSA) is 56.7 Å². The van der Waals surface area contributed by atoms with Crippen LogP contribution in [0.15, 0.2) is 18.3 Å². The number of nitrogen functional groups attached to an aromatic ring is 1. The lowest BCUT2D eigenvalue weighted by Gasteiger charge is -2.02. The van der Waals surface area contributed by atoms with Crippen molar-refractivity contribution in [1.29, 1.82) is 0 Å². The molecule has 0 bridgehead atoms. The molecule has 2 aromatic heterocycles. The van der Waals surface area contributed by atoms with Crippen LogP contribution in [-0.2, 0) is 6.54 Å². The van der Waals surface area contributed by atoms with Gasteiger partial charge < -0.3 is 5.73 Å². The molecule has 0 saturated heterocycles. The summed E-state index contributed by atoms with van der Waals surface area (Å²) in [5, 5.41) is 4.40. The first kappa shape index (κ1) is 10.7. The predicted molar refractivity (Wildman–Crippen MR) is 65.0 cm³/mol. The Balaban J connectivity index is 2.49. The molecule has 0 atom stereocenters. The standard InChI is InChI=1S/C12H16N4/c1-4-16-7-10(8(2)15-16)12-6-5-11(13)9(3)14-12/h5-7H,4,13H2,1-3H3. The molecule has 0 aliphatic heterocycles. The van der Waals surface area contributed by atoms with E-state index in [1.165, 1.54) is 0 Å². The Morgan fingerprint density at radius 1 is 1.25 bits per heavy atom. The lowest BCUT2D eigenvalue weighted by Crippen LogP contribution is -1.94. The normalized spacial score (nSPS) is 10.7. The van der Waals surface area contributed by atoms with Gasteiger partial charge in [0, 0.05) is 18.3 Å². The predicted octanol–water partition coefficient (Wildman–Crippen LogP) is 2.16. The van der Waals surface area contributed by atoms with E-state index in [0.29, 0.717) is 0 Å². The highest BCUT2D eigenvalue weighted by Crippen LogP contribution is 2.22. The Morgan fingerprint density at radius 2 is 2.00 bits per heavy atom. The van der Waals surface area contributed by atoms with E-state index < -0.39 is 0 Å².